The van der Waals surface area contributed by atoms with Crippen molar-refractivity contribution in [3.8, 4) is 0 Å². The molecular weight excluding hydrogens is 436 g/mol. The zero-order valence-corrected chi connectivity index (χ0v) is 19.0. The molecule has 1 aromatic carbocycles. The zero-order valence-electron chi connectivity index (χ0n) is 18.2. The molecule has 2 saturated heterocycles. The van der Waals surface area contributed by atoms with Crippen molar-refractivity contribution >= 4 is 34.5 Å². The Labute approximate surface area is 196 Å². The molecule has 0 radical (unpaired) electrons. The molecule has 170 valence electrons. The molecule has 2 aromatic heterocycles. The number of anilines is 2. The van der Waals surface area contributed by atoms with Gasteiger partial charge in [0, 0.05) is 37.9 Å². The first kappa shape index (κ1) is 21.8. The second kappa shape index (κ2) is 9.86. The van der Waals surface area contributed by atoms with Gasteiger partial charge in [0.05, 0.1) is 22.0 Å². The van der Waals surface area contributed by atoms with Crippen LogP contribution in [-0.2, 0) is 11.2 Å². The maximum atomic E-state index is 13.1. The third-order valence-corrected chi connectivity index (χ3v) is 7.26. The highest BCUT2D eigenvalue weighted by molar-refractivity contribution is 7.11. The molecule has 2 aliphatic heterocycles. The van der Waals surface area contributed by atoms with Crippen LogP contribution in [0.4, 0.5) is 11.5 Å². The van der Waals surface area contributed by atoms with Crippen LogP contribution >= 0.6 is 11.3 Å². The van der Waals surface area contributed by atoms with E-state index < -0.39 is 0 Å². The number of thiazole rings is 1. The molecule has 5 rings (SSSR count). The number of carbonyl (C=O) groups is 2. The molecule has 2 atom stereocenters. The summed E-state index contributed by atoms with van der Waals surface area (Å²) in [5.74, 6) is 0.888. The van der Waals surface area contributed by atoms with E-state index in [1.54, 1.807) is 34.9 Å². The maximum absolute atomic E-state index is 13.1. The number of Topliss-reactive ketones (excluding diaryl/α,β-unsaturated/α-hetero) is 1. The highest BCUT2D eigenvalue weighted by atomic mass is 32.1. The fraction of sp³-hybridized carbons (Fsp3) is 0.375. The van der Waals surface area contributed by atoms with Crippen molar-refractivity contribution in [2.45, 2.75) is 12.8 Å². The summed E-state index contributed by atoms with van der Waals surface area (Å²) in [4.78, 5) is 32.6. The van der Waals surface area contributed by atoms with E-state index in [4.69, 9.17) is 0 Å². The summed E-state index contributed by atoms with van der Waals surface area (Å²) in [5, 5.41) is 14.7. The van der Waals surface area contributed by atoms with Gasteiger partial charge in [-0.15, -0.1) is 16.4 Å². The van der Waals surface area contributed by atoms with Gasteiger partial charge in [-0.25, -0.2) is 0 Å². The monoisotopic (exact) mass is 462 g/mol. The van der Waals surface area contributed by atoms with Gasteiger partial charge in [0.15, 0.2) is 11.6 Å². The topological polar surface area (TPSA) is 100 Å². The summed E-state index contributed by atoms with van der Waals surface area (Å²) in [5.41, 5.74) is 3.64. The molecule has 0 bridgehead atoms. The fourth-order valence-corrected chi connectivity index (χ4v) is 5.12. The normalized spacial score (nSPS) is 20.7. The van der Waals surface area contributed by atoms with Crippen LogP contribution in [0.1, 0.15) is 21.7 Å². The number of ketones is 1. The number of benzene rings is 1. The highest BCUT2D eigenvalue weighted by Gasteiger charge is 2.33. The molecule has 0 saturated carbocycles. The second-order valence-electron chi connectivity index (χ2n) is 8.57. The maximum Gasteiger partial charge on any atom is 0.238 e. The van der Waals surface area contributed by atoms with Crippen molar-refractivity contribution in [3.63, 3.8) is 0 Å². The SMILES string of the molecule is O=C(c1cncs1)C1CNCCC1Cc1ccc(N(C(=O)C2CNC2)c2cccnn2)cc1. The van der Waals surface area contributed by atoms with Crippen LogP contribution in [0, 0.1) is 17.8 Å². The second-order valence-corrected chi connectivity index (χ2v) is 9.46. The number of nitrogens with one attached hydrogen (secondary N) is 2. The quantitative estimate of drug-likeness (QED) is 0.520. The van der Waals surface area contributed by atoms with Crippen LogP contribution in [0.2, 0.25) is 0 Å². The average Bonchev–Trinajstić information content (AvgIpc) is 3.35. The van der Waals surface area contributed by atoms with Crippen molar-refractivity contribution in [3.05, 3.63) is 64.7 Å². The van der Waals surface area contributed by atoms with E-state index >= 15 is 0 Å². The zero-order chi connectivity index (χ0) is 22.6. The Hall–Kier alpha value is -3.01. The van der Waals surface area contributed by atoms with Gasteiger partial charge in [0.2, 0.25) is 5.91 Å². The summed E-state index contributed by atoms with van der Waals surface area (Å²) in [7, 11) is 0. The van der Waals surface area contributed by atoms with E-state index in [0.29, 0.717) is 25.5 Å². The molecule has 4 heterocycles. The van der Waals surface area contributed by atoms with Crippen LogP contribution in [0.5, 0.6) is 0 Å². The molecule has 2 fully saturated rings. The molecule has 0 aliphatic carbocycles. The first-order valence-corrected chi connectivity index (χ1v) is 12.1. The van der Waals surface area contributed by atoms with Crippen molar-refractivity contribution < 1.29 is 9.59 Å². The number of aromatic nitrogens is 3. The Bertz CT molecular complexity index is 1090. The lowest BCUT2D eigenvalue weighted by Crippen LogP contribution is -2.51. The van der Waals surface area contributed by atoms with E-state index in [1.165, 1.54) is 11.3 Å². The first-order chi connectivity index (χ1) is 16.2. The third-order valence-electron chi connectivity index (χ3n) is 6.47. The largest absolute Gasteiger partial charge is 0.316 e. The van der Waals surface area contributed by atoms with Gasteiger partial charge in [0.25, 0.3) is 0 Å². The lowest BCUT2D eigenvalue weighted by molar-refractivity contribution is -0.123. The molecule has 9 heteroatoms. The Morgan fingerprint density at radius 3 is 2.61 bits per heavy atom. The molecule has 2 aliphatic rings. The molecular formula is C24H26N6O2S. The summed E-state index contributed by atoms with van der Waals surface area (Å²) in [6, 6.07) is 11.6. The van der Waals surface area contributed by atoms with Crippen molar-refractivity contribution in [1.82, 2.24) is 25.8 Å². The van der Waals surface area contributed by atoms with Crippen molar-refractivity contribution in [2.75, 3.05) is 31.1 Å². The fourth-order valence-electron chi connectivity index (χ4n) is 4.50. The van der Waals surface area contributed by atoms with Gasteiger partial charge < -0.3 is 10.6 Å². The highest BCUT2D eigenvalue weighted by Crippen LogP contribution is 2.30. The van der Waals surface area contributed by atoms with Crippen LogP contribution in [0.3, 0.4) is 0 Å². The Balaban J connectivity index is 1.34. The van der Waals surface area contributed by atoms with E-state index in [0.717, 1.165) is 35.5 Å². The van der Waals surface area contributed by atoms with E-state index in [-0.39, 0.29) is 29.4 Å². The molecule has 3 aromatic rings. The molecule has 1 amide bonds. The summed E-state index contributed by atoms with van der Waals surface area (Å²) < 4.78 is 0. The molecule has 0 spiro atoms. The Morgan fingerprint density at radius 1 is 1.09 bits per heavy atom. The lowest BCUT2D eigenvalue weighted by Gasteiger charge is -2.32. The van der Waals surface area contributed by atoms with Crippen LogP contribution in [0.25, 0.3) is 0 Å². The minimum atomic E-state index is -0.0556. The molecule has 33 heavy (non-hydrogen) atoms. The van der Waals surface area contributed by atoms with E-state index in [9.17, 15) is 9.59 Å². The molecule has 8 nitrogen and oxygen atoms in total. The lowest BCUT2D eigenvalue weighted by atomic mass is 9.79. The predicted molar refractivity (Wildman–Crippen MR) is 127 cm³/mol. The van der Waals surface area contributed by atoms with Gasteiger partial charge in [-0.3, -0.25) is 19.5 Å². The van der Waals surface area contributed by atoms with Crippen LogP contribution in [0.15, 0.2) is 54.3 Å². The van der Waals surface area contributed by atoms with Crippen LogP contribution in [-0.4, -0.2) is 53.1 Å². The number of amides is 1. The summed E-state index contributed by atoms with van der Waals surface area (Å²) in [6.45, 7) is 2.97. The average molecular weight is 463 g/mol. The first-order valence-electron chi connectivity index (χ1n) is 11.3. The number of nitrogens with zero attached hydrogens (tertiary/aromatic N) is 4. The number of hydrogen-bond donors (Lipinski definition) is 2. The smallest absolute Gasteiger partial charge is 0.238 e. The number of rotatable bonds is 7. The van der Waals surface area contributed by atoms with Crippen LogP contribution < -0.4 is 15.5 Å². The predicted octanol–water partition coefficient (Wildman–Crippen LogP) is 2.47. The van der Waals surface area contributed by atoms with E-state index in [1.807, 2.05) is 12.1 Å². The molecule has 2 unspecified atom stereocenters. The number of hydrogen-bond acceptors (Lipinski definition) is 8. The summed E-state index contributed by atoms with van der Waals surface area (Å²) >= 11 is 1.41. The Morgan fingerprint density at radius 2 is 1.94 bits per heavy atom. The van der Waals surface area contributed by atoms with Gasteiger partial charge in [-0.2, -0.15) is 5.10 Å². The van der Waals surface area contributed by atoms with Gasteiger partial charge in [0.1, 0.15) is 0 Å². The number of carbonyl (C=O) groups excluding carboxylic acids is 2. The van der Waals surface area contributed by atoms with Gasteiger partial charge in [-0.1, -0.05) is 12.1 Å². The third kappa shape index (κ3) is 4.71. The van der Waals surface area contributed by atoms with Gasteiger partial charge in [-0.05, 0) is 55.1 Å². The number of piperidine rings is 1. The standard InChI is InChI=1S/C24H26N6O2S/c31-23(21-14-27-15-33-21)20-13-25-9-7-17(20)10-16-3-5-19(6-4-16)30(22-2-1-8-28-29-22)24(32)18-11-26-12-18/h1-6,8,14-15,17-18,20,25-26H,7,9-13H2. The minimum Gasteiger partial charge on any atom is -0.316 e. The van der Waals surface area contributed by atoms with Crippen molar-refractivity contribution in [1.29, 1.82) is 0 Å². The Kier molecular flexibility index (Phi) is 6.52. The van der Waals surface area contributed by atoms with E-state index in [2.05, 4.69) is 37.9 Å². The molecule has 2 N–H and O–H groups in total. The van der Waals surface area contributed by atoms with Gasteiger partial charge >= 0.3 is 0 Å². The summed E-state index contributed by atoms with van der Waals surface area (Å²) in [6.07, 6.45) is 5.05. The van der Waals surface area contributed by atoms with Crippen molar-refractivity contribution in [2.24, 2.45) is 17.8 Å². The minimum absolute atomic E-state index is 0.0237.